The highest BCUT2D eigenvalue weighted by Gasteiger charge is 2.36. The third-order valence-electron chi connectivity index (χ3n) is 5.14. The number of β-amino-alcohol motifs (C(OH)–C–C–N with tert-alkyl or cyclic N) is 1. The maximum absolute atomic E-state index is 10.5. The molecule has 1 saturated carbocycles. The number of hydrogen-bond donors (Lipinski definition) is 2. The maximum atomic E-state index is 10.5. The Kier molecular flexibility index (Phi) is 4.62. The number of aliphatic hydroxyl groups excluding tert-OH is 1. The Bertz CT molecular complexity index is 312. The van der Waals surface area contributed by atoms with E-state index >= 15 is 0 Å². The van der Waals surface area contributed by atoms with Gasteiger partial charge in [0.05, 0.1) is 12.7 Å². The highest BCUT2D eigenvalue weighted by Crippen LogP contribution is 2.26. The number of piperazine rings is 1. The van der Waals surface area contributed by atoms with E-state index in [2.05, 4.69) is 9.80 Å². The summed E-state index contributed by atoms with van der Waals surface area (Å²) in [6.07, 6.45) is 4.95. The Labute approximate surface area is 121 Å². The third-order valence-corrected chi connectivity index (χ3v) is 5.14. The average Bonchev–Trinajstić information content (AvgIpc) is 2.86. The van der Waals surface area contributed by atoms with Gasteiger partial charge in [0.25, 0.3) is 0 Å². The zero-order chi connectivity index (χ0) is 14.0. The minimum Gasteiger partial charge on any atom is -0.391 e. The van der Waals surface area contributed by atoms with Gasteiger partial charge in [-0.1, -0.05) is 0 Å². The van der Waals surface area contributed by atoms with Crippen molar-refractivity contribution in [1.29, 1.82) is 0 Å². The van der Waals surface area contributed by atoms with Crippen molar-refractivity contribution in [3.05, 3.63) is 0 Å². The molecule has 0 amide bonds. The monoisotopic (exact) mass is 284 g/mol. The van der Waals surface area contributed by atoms with Crippen molar-refractivity contribution in [2.24, 2.45) is 0 Å². The van der Waals surface area contributed by atoms with Gasteiger partial charge in [0.2, 0.25) is 0 Å². The summed E-state index contributed by atoms with van der Waals surface area (Å²) in [4.78, 5) is 4.79. The molecule has 2 N–H and O–H groups in total. The van der Waals surface area contributed by atoms with E-state index in [0.29, 0.717) is 12.6 Å². The Balaban J connectivity index is 1.46. The van der Waals surface area contributed by atoms with E-state index < -0.39 is 5.60 Å². The normalized spacial score (nSPS) is 41.1. The number of rotatable bonds is 3. The lowest BCUT2D eigenvalue weighted by Gasteiger charge is -2.42. The van der Waals surface area contributed by atoms with Gasteiger partial charge in [0.1, 0.15) is 5.60 Å². The molecule has 3 aliphatic rings. The molecule has 2 saturated heterocycles. The van der Waals surface area contributed by atoms with E-state index in [0.717, 1.165) is 71.4 Å². The molecular weight excluding hydrogens is 256 g/mol. The largest absolute Gasteiger partial charge is 0.391 e. The first-order valence-electron chi connectivity index (χ1n) is 8.11. The summed E-state index contributed by atoms with van der Waals surface area (Å²) in [5.41, 5.74) is -0.646. The van der Waals surface area contributed by atoms with E-state index in [4.69, 9.17) is 4.74 Å². The van der Waals surface area contributed by atoms with Gasteiger partial charge in [-0.25, -0.2) is 0 Å². The zero-order valence-corrected chi connectivity index (χ0v) is 12.3. The molecule has 3 atom stereocenters. The number of hydrogen-bond acceptors (Lipinski definition) is 5. The van der Waals surface area contributed by atoms with Gasteiger partial charge in [0.15, 0.2) is 0 Å². The molecule has 0 aromatic rings. The molecular formula is C15H28N2O3. The lowest BCUT2D eigenvalue weighted by molar-refractivity contribution is -0.105. The predicted molar refractivity (Wildman–Crippen MR) is 76.7 cm³/mol. The summed E-state index contributed by atoms with van der Waals surface area (Å²) in [5.74, 6) is 0. The topological polar surface area (TPSA) is 56.2 Å². The van der Waals surface area contributed by atoms with Crippen LogP contribution in [0, 0.1) is 0 Å². The smallest absolute Gasteiger partial charge is 0.101 e. The fourth-order valence-corrected chi connectivity index (χ4v) is 3.98. The van der Waals surface area contributed by atoms with Gasteiger partial charge >= 0.3 is 0 Å². The van der Waals surface area contributed by atoms with E-state index in [-0.39, 0.29) is 6.10 Å². The first-order valence-corrected chi connectivity index (χ1v) is 8.11. The van der Waals surface area contributed by atoms with Crippen molar-refractivity contribution in [3.63, 3.8) is 0 Å². The minimum atomic E-state index is -0.646. The van der Waals surface area contributed by atoms with Crippen LogP contribution >= 0.6 is 0 Å². The Hall–Kier alpha value is -0.200. The molecule has 3 unspecified atom stereocenters. The Morgan fingerprint density at radius 2 is 1.90 bits per heavy atom. The quantitative estimate of drug-likeness (QED) is 0.767. The first-order chi connectivity index (χ1) is 9.66. The lowest BCUT2D eigenvalue weighted by Crippen LogP contribution is -2.56. The summed E-state index contributed by atoms with van der Waals surface area (Å²) >= 11 is 0. The van der Waals surface area contributed by atoms with Crippen LogP contribution in [0.25, 0.3) is 0 Å². The average molecular weight is 284 g/mol. The van der Waals surface area contributed by atoms with Crippen LogP contribution in [-0.2, 0) is 4.74 Å². The van der Waals surface area contributed by atoms with Crippen molar-refractivity contribution in [1.82, 2.24) is 9.80 Å². The minimum absolute atomic E-state index is 0.127. The molecule has 3 fully saturated rings. The van der Waals surface area contributed by atoms with E-state index in [1.165, 1.54) is 0 Å². The molecule has 20 heavy (non-hydrogen) atoms. The van der Waals surface area contributed by atoms with E-state index in [9.17, 15) is 10.2 Å². The molecule has 2 heterocycles. The Morgan fingerprint density at radius 3 is 2.50 bits per heavy atom. The van der Waals surface area contributed by atoms with Crippen molar-refractivity contribution in [2.75, 3.05) is 45.9 Å². The van der Waals surface area contributed by atoms with Crippen molar-refractivity contribution in [3.8, 4) is 0 Å². The number of nitrogens with zero attached hydrogens (tertiary/aromatic N) is 2. The second kappa shape index (κ2) is 6.28. The summed E-state index contributed by atoms with van der Waals surface area (Å²) in [5, 5.41) is 20.5. The predicted octanol–water partition coefficient (Wildman–Crippen LogP) is 0.0589. The van der Waals surface area contributed by atoms with Crippen LogP contribution in [0.5, 0.6) is 0 Å². The van der Waals surface area contributed by atoms with Gasteiger partial charge in [-0.2, -0.15) is 0 Å². The highest BCUT2D eigenvalue weighted by molar-refractivity contribution is 4.90. The molecule has 5 heteroatoms. The fraction of sp³-hybridized carbons (Fsp3) is 1.00. The molecule has 5 nitrogen and oxygen atoms in total. The highest BCUT2D eigenvalue weighted by atomic mass is 16.5. The lowest BCUT2D eigenvalue weighted by atomic mass is 9.95. The Morgan fingerprint density at radius 1 is 1.10 bits per heavy atom. The summed E-state index contributed by atoms with van der Waals surface area (Å²) in [6, 6.07) is 0.373. The molecule has 0 bridgehead atoms. The third kappa shape index (κ3) is 3.34. The fourth-order valence-electron chi connectivity index (χ4n) is 3.98. The van der Waals surface area contributed by atoms with Crippen LogP contribution in [0.4, 0.5) is 0 Å². The van der Waals surface area contributed by atoms with Gasteiger partial charge in [-0.3, -0.25) is 9.80 Å². The molecule has 0 spiro atoms. The molecule has 0 radical (unpaired) electrons. The van der Waals surface area contributed by atoms with E-state index in [1.807, 2.05) is 0 Å². The van der Waals surface area contributed by atoms with E-state index in [1.54, 1.807) is 0 Å². The summed E-state index contributed by atoms with van der Waals surface area (Å²) in [6.45, 7) is 6.01. The van der Waals surface area contributed by atoms with Crippen LogP contribution in [0.2, 0.25) is 0 Å². The van der Waals surface area contributed by atoms with Gasteiger partial charge in [-0.15, -0.1) is 0 Å². The molecule has 0 aromatic heterocycles. The van der Waals surface area contributed by atoms with Crippen LogP contribution in [0.1, 0.15) is 32.1 Å². The number of ether oxygens (including phenoxy) is 1. The van der Waals surface area contributed by atoms with Gasteiger partial charge < -0.3 is 14.9 Å². The zero-order valence-electron chi connectivity index (χ0n) is 12.3. The molecule has 1 aliphatic carbocycles. The molecule has 116 valence electrons. The second-order valence-corrected chi connectivity index (χ2v) is 6.76. The number of aliphatic hydroxyl groups is 2. The van der Waals surface area contributed by atoms with Crippen LogP contribution in [0.3, 0.4) is 0 Å². The molecule has 0 aromatic carbocycles. The maximum Gasteiger partial charge on any atom is 0.101 e. The SMILES string of the molecule is OC1CCCC1N1CCN(CC2(O)CCCOC2)CC1. The summed E-state index contributed by atoms with van der Waals surface area (Å²) in [7, 11) is 0. The van der Waals surface area contributed by atoms with Crippen LogP contribution in [-0.4, -0.2) is 83.7 Å². The molecule has 3 rings (SSSR count). The first kappa shape index (κ1) is 14.7. The van der Waals surface area contributed by atoms with Crippen molar-refractivity contribution in [2.45, 2.75) is 49.9 Å². The van der Waals surface area contributed by atoms with Crippen molar-refractivity contribution < 1.29 is 14.9 Å². The van der Waals surface area contributed by atoms with Gasteiger partial charge in [0, 0.05) is 45.4 Å². The molecule has 2 aliphatic heterocycles. The van der Waals surface area contributed by atoms with Gasteiger partial charge in [-0.05, 0) is 32.1 Å². The summed E-state index contributed by atoms with van der Waals surface area (Å²) < 4.78 is 5.42. The standard InChI is InChI=1S/C15H28N2O3/c18-14-4-1-3-13(14)17-8-6-16(7-9-17)11-15(19)5-2-10-20-12-15/h13-14,18-19H,1-12H2. The van der Waals surface area contributed by atoms with Crippen LogP contribution in [0.15, 0.2) is 0 Å². The van der Waals surface area contributed by atoms with Crippen LogP contribution < -0.4 is 0 Å². The second-order valence-electron chi connectivity index (χ2n) is 6.76. The van der Waals surface area contributed by atoms with Crippen molar-refractivity contribution >= 4 is 0 Å².